The quantitative estimate of drug-likeness (QED) is 0.111. The monoisotopic (exact) mass is 534 g/mol. The fraction of sp³-hybridized carbons (Fsp3) is 0.263. The highest BCUT2D eigenvalue weighted by Gasteiger charge is 2.24. The first-order chi connectivity index (χ1) is 15.5. The summed E-state index contributed by atoms with van der Waals surface area (Å²) in [6.45, 7) is -1.08. The fourth-order valence-corrected chi connectivity index (χ4v) is 5.01. The second-order valence-electron chi connectivity index (χ2n) is 6.82. The molecule has 0 bridgehead atoms. The molecule has 12 nitrogen and oxygen atoms in total. The van der Waals surface area contributed by atoms with Crippen LogP contribution in [0.3, 0.4) is 0 Å². The first-order valence-corrected chi connectivity index (χ1v) is 12.8. The van der Waals surface area contributed by atoms with Gasteiger partial charge in [0.05, 0.1) is 22.9 Å². The summed E-state index contributed by atoms with van der Waals surface area (Å²) in [6, 6.07) is 12.4. The van der Waals surface area contributed by atoms with Crippen molar-refractivity contribution in [1.82, 2.24) is 14.8 Å². The highest BCUT2D eigenvalue weighted by atomic mass is 35.5. The molecule has 0 saturated carbocycles. The van der Waals surface area contributed by atoms with Gasteiger partial charge >= 0.3 is 0 Å². The molecular formula is C19H27ClN6O6S2. The van der Waals surface area contributed by atoms with E-state index < -0.39 is 38.6 Å². The Morgan fingerprint density at radius 3 is 2.15 bits per heavy atom. The number of hydrogen-bond donors (Lipinski definition) is 6. The lowest BCUT2D eigenvalue weighted by molar-refractivity contribution is -0.123. The highest BCUT2D eigenvalue weighted by Crippen LogP contribution is 2.16. The van der Waals surface area contributed by atoms with Crippen LogP contribution in [0.4, 0.5) is 5.69 Å². The first-order valence-electron chi connectivity index (χ1n) is 9.64. The molecule has 2 aromatic carbocycles. The van der Waals surface area contributed by atoms with Gasteiger partial charge in [-0.2, -0.15) is 0 Å². The van der Waals surface area contributed by atoms with Crippen LogP contribution >= 0.6 is 12.4 Å². The lowest BCUT2D eigenvalue weighted by Gasteiger charge is -2.16. The third-order valence-electron chi connectivity index (χ3n) is 4.14. The van der Waals surface area contributed by atoms with Crippen molar-refractivity contribution in [2.45, 2.75) is 16.7 Å². The molecule has 0 radical (unpaired) electrons. The van der Waals surface area contributed by atoms with Gasteiger partial charge in [0.25, 0.3) is 0 Å². The van der Waals surface area contributed by atoms with Gasteiger partial charge in [-0.15, -0.1) is 12.4 Å². The van der Waals surface area contributed by atoms with Gasteiger partial charge in [0.1, 0.15) is 6.04 Å². The van der Waals surface area contributed by atoms with Crippen molar-refractivity contribution in [1.29, 1.82) is 0 Å². The third-order valence-corrected chi connectivity index (χ3v) is 6.98. The highest BCUT2D eigenvalue weighted by molar-refractivity contribution is 7.89. The van der Waals surface area contributed by atoms with Gasteiger partial charge in [0, 0.05) is 13.1 Å². The van der Waals surface area contributed by atoms with Gasteiger partial charge in [-0.3, -0.25) is 4.79 Å². The number of benzene rings is 2. The summed E-state index contributed by atoms with van der Waals surface area (Å²) in [5.41, 5.74) is 11.4. The molecule has 0 saturated heterocycles. The second-order valence-corrected chi connectivity index (χ2v) is 10.3. The minimum atomic E-state index is -3.90. The summed E-state index contributed by atoms with van der Waals surface area (Å²) in [5, 5.41) is 11.8. The second kappa shape index (κ2) is 13.2. The molecule has 1 atom stereocenters. The average molecular weight is 535 g/mol. The van der Waals surface area contributed by atoms with Crippen molar-refractivity contribution in [3.8, 4) is 0 Å². The van der Waals surface area contributed by atoms with Gasteiger partial charge in [-0.25, -0.2) is 31.3 Å². The van der Waals surface area contributed by atoms with Gasteiger partial charge in [-0.1, -0.05) is 30.3 Å². The van der Waals surface area contributed by atoms with Crippen LogP contribution in [0, 0.1) is 0 Å². The van der Waals surface area contributed by atoms with Crippen LogP contribution in [0.25, 0.3) is 0 Å². The molecular weight excluding hydrogens is 508 g/mol. The van der Waals surface area contributed by atoms with E-state index in [9.17, 15) is 26.7 Å². The number of guanidine groups is 1. The summed E-state index contributed by atoms with van der Waals surface area (Å²) < 4.78 is 53.6. The van der Waals surface area contributed by atoms with E-state index in [4.69, 9.17) is 11.5 Å². The maximum Gasteiger partial charge on any atom is 0.240 e. The summed E-state index contributed by atoms with van der Waals surface area (Å²) in [7, 11) is -7.77. The number of nitrogens with one attached hydrogen (secondary N) is 3. The molecule has 0 fully saturated rings. The molecule has 8 N–H and O–H groups in total. The van der Waals surface area contributed by atoms with E-state index in [1.807, 2.05) is 0 Å². The number of halogens is 1. The molecule has 0 aromatic heterocycles. The smallest absolute Gasteiger partial charge is 0.240 e. The molecule has 1 unspecified atom stereocenters. The van der Waals surface area contributed by atoms with E-state index in [0.717, 1.165) is 0 Å². The third kappa shape index (κ3) is 9.62. The lowest BCUT2D eigenvalue weighted by atomic mass is 10.2. The van der Waals surface area contributed by atoms with Crippen molar-refractivity contribution in [2.24, 2.45) is 16.5 Å². The van der Waals surface area contributed by atoms with E-state index in [0.29, 0.717) is 11.3 Å². The Labute approximate surface area is 204 Å². The Hall–Kier alpha value is -2.75. The Kier molecular flexibility index (Phi) is 11.4. The van der Waals surface area contributed by atoms with Crippen LogP contribution in [0.5, 0.6) is 0 Å². The van der Waals surface area contributed by atoms with Gasteiger partial charge < -0.3 is 21.9 Å². The number of nitrogens with two attached hydrogens (primary N) is 2. The predicted octanol–water partition coefficient (Wildman–Crippen LogP) is -1.11. The fourth-order valence-electron chi connectivity index (χ4n) is 2.65. The SMILES string of the molecule is Cl.NC(N)=Nc1ccc(S(=O)(=O)NCCNC(=O)C(CO)NS(=O)(=O)Cc2ccccc2)cc1. The number of aliphatic imine (C=N–C) groups is 1. The van der Waals surface area contributed by atoms with E-state index in [1.165, 1.54) is 24.3 Å². The zero-order valence-electron chi connectivity index (χ0n) is 17.9. The largest absolute Gasteiger partial charge is 0.394 e. The van der Waals surface area contributed by atoms with Gasteiger partial charge in [0.2, 0.25) is 26.0 Å². The van der Waals surface area contributed by atoms with Crippen LogP contribution in [-0.2, 0) is 30.6 Å². The summed E-state index contributed by atoms with van der Waals surface area (Å²) >= 11 is 0. The van der Waals surface area contributed by atoms with Crippen molar-refractivity contribution < 1.29 is 26.7 Å². The van der Waals surface area contributed by atoms with Crippen molar-refractivity contribution in [3.63, 3.8) is 0 Å². The number of nitrogens with zero attached hydrogens (tertiary/aromatic N) is 1. The van der Waals surface area contributed by atoms with E-state index in [-0.39, 0.29) is 42.1 Å². The number of sulfonamides is 2. The average Bonchev–Trinajstić information content (AvgIpc) is 2.75. The Bertz CT molecular complexity index is 1170. The number of aliphatic hydroxyl groups is 1. The first kappa shape index (κ1) is 29.3. The molecule has 0 aliphatic carbocycles. The Morgan fingerprint density at radius 2 is 1.59 bits per heavy atom. The minimum Gasteiger partial charge on any atom is -0.394 e. The zero-order chi connectivity index (χ0) is 24.5. The normalized spacial score (nSPS) is 12.3. The Morgan fingerprint density at radius 1 is 0.971 bits per heavy atom. The van der Waals surface area contributed by atoms with E-state index in [1.54, 1.807) is 30.3 Å². The molecule has 0 spiro atoms. The molecule has 2 rings (SSSR count). The van der Waals surface area contributed by atoms with Gasteiger partial charge in [-0.05, 0) is 29.8 Å². The van der Waals surface area contributed by atoms with Crippen molar-refractivity contribution in [2.75, 3.05) is 19.7 Å². The molecule has 2 aromatic rings. The summed E-state index contributed by atoms with van der Waals surface area (Å²) in [5.74, 6) is -1.32. The standard InChI is InChI=1S/C19H26N6O6S2.ClH/c20-19(21)24-15-6-8-16(9-7-15)33(30,31)23-11-10-22-18(27)17(12-26)25-32(28,29)13-14-4-2-1-3-5-14;/h1-9,17,23,25-26H,10-13H2,(H,22,27)(H4,20,21,24);1H. The number of carbonyl (C=O) groups is 1. The number of rotatable bonds is 12. The molecule has 0 aliphatic heterocycles. The molecule has 1 amide bonds. The maximum atomic E-state index is 12.3. The summed E-state index contributed by atoms with van der Waals surface area (Å²) in [4.78, 5) is 16.0. The van der Waals surface area contributed by atoms with Crippen LogP contribution < -0.4 is 26.2 Å². The maximum absolute atomic E-state index is 12.3. The number of hydrogen-bond acceptors (Lipinski definition) is 7. The molecule has 34 heavy (non-hydrogen) atoms. The summed E-state index contributed by atoms with van der Waals surface area (Å²) in [6.07, 6.45) is 0. The van der Waals surface area contributed by atoms with Crippen LogP contribution in [0.15, 0.2) is 64.5 Å². The van der Waals surface area contributed by atoms with Crippen molar-refractivity contribution >= 4 is 50.0 Å². The zero-order valence-corrected chi connectivity index (χ0v) is 20.4. The van der Waals surface area contributed by atoms with Gasteiger partial charge in [0.15, 0.2) is 5.96 Å². The molecule has 188 valence electrons. The molecule has 0 heterocycles. The number of carbonyl (C=O) groups excluding carboxylic acids is 1. The number of aliphatic hydroxyl groups excluding tert-OH is 1. The number of amides is 1. The minimum absolute atomic E-state index is 0. The van der Waals surface area contributed by atoms with E-state index >= 15 is 0 Å². The molecule has 15 heteroatoms. The van der Waals surface area contributed by atoms with Crippen LogP contribution in [0.2, 0.25) is 0 Å². The molecule has 0 aliphatic rings. The van der Waals surface area contributed by atoms with E-state index in [2.05, 4.69) is 19.8 Å². The lowest BCUT2D eigenvalue weighted by Crippen LogP contribution is -2.50. The van der Waals surface area contributed by atoms with Crippen LogP contribution in [-0.4, -0.2) is 59.5 Å². The van der Waals surface area contributed by atoms with Crippen LogP contribution in [0.1, 0.15) is 5.56 Å². The topological polar surface area (TPSA) is 206 Å². The predicted molar refractivity (Wildman–Crippen MR) is 130 cm³/mol. The van der Waals surface area contributed by atoms with Crippen molar-refractivity contribution in [3.05, 3.63) is 60.2 Å². The Balaban J connectivity index is 0.00000578.